The third-order valence-electron chi connectivity index (χ3n) is 2.91. The van der Waals surface area contributed by atoms with Gasteiger partial charge in [0, 0.05) is 19.6 Å². The molecule has 0 saturated carbocycles. The van der Waals surface area contributed by atoms with Gasteiger partial charge in [0.2, 0.25) is 5.91 Å². The average Bonchev–Trinajstić information content (AvgIpc) is 2.75. The second-order valence-electron chi connectivity index (χ2n) is 5.53. The molecule has 0 bridgehead atoms. The first-order chi connectivity index (χ1) is 8.90. The van der Waals surface area contributed by atoms with Gasteiger partial charge in [-0.1, -0.05) is 19.1 Å². The van der Waals surface area contributed by atoms with E-state index in [4.69, 9.17) is 0 Å². The first kappa shape index (κ1) is 15.6. The van der Waals surface area contributed by atoms with E-state index in [2.05, 4.69) is 29.5 Å². The lowest BCUT2D eigenvalue weighted by atomic mass is 10.2. The van der Waals surface area contributed by atoms with E-state index < -0.39 is 0 Å². The molecule has 0 spiro atoms. The molecule has 0 fully saturated rings. The third-order valence-corrected chi connectivity index (χ3v) is 2.91. The predicted octanol–water partition coefficient (Wildman–Crippen LogP) is 0.890. The van der Waals surface area contributed by atoms with E-state index >= 15 is 0 Å². The van der Waals surface area contributed by atoms with Crippen molar-refractivity contribution in [2.24, 2.45) is 5.92 Å². The van der Waals surface area contributed by atoms with E-state index in [1.807, 2.05) is 20.0 Å². The number of hydrogen-bond donors (Lipinski definition) is 1. The lowest BCUT2D eigenvalue weighted by Gasteiger charge is -2.20. The van der Waals surface area contributed by atoms with Gasteiger partial charge in [-0.25, -0.2) is 4.68 Å². The van der Waals surface area contributed by atoms with E-state index in [0.29, 0.717) is 12.5 Å². The Kier molecular flexibility index (Phi) is 5.95. The molecule has 0 saturated heterocycles. The van der Waals surface area contributed by atoms with Gasteiger partial charge in [-0.3, -0.25) is 4.79 Å². The van der Waals surface area contributed by atoms with Gasteiger partial charge in [-0.05, 0) is 26.3 Å². The second-order valence-corrected chi connectivity index (χ2v) is 5.53. The Hall–Kier alpha value is -1.43. The largest absolute Gasteiger partial charge is 0.342 e. The molecular formula is C13H25N5O. The maximum atomic E-state index is 11.9. The number of likely N-dealkylation sites (N-methyl/N-ethyl adjacent to an activating group) is 1. The molecule has 108 valence electrons. The molecule has 1 aromatic rings. The van der Waals surface area contributed by atoms with E-state index in [1.54, 1.807) is 16.6 Å². The summed E-state index contributed by atoms with van der Waals surface area (Å²) >= 11 is 0. The molecule has 0 unspecified atom stereocenters. The minimum absolute atomic E-state index is 0.0431. The highest BCUT2D eigenvalue weighted by atomic mass is 16.2. The van der Waals surface area contributed by atoms with E-state index in [9.17, 15) is 4.79 Å². The maximum Gasteiger partial charge on any atom is 0.244 e. The van der Waals surface area contributed by atoms with Crippen LogP contribution in [0.3, 0.4) is 0 Å². The van der Waals surface area contributed by atoms with Gasteiger partial charge in [0.05, 0.1) is 11.9 Å². The fourth-order valence-corrected chi connectivity index (χ4v) is 1.52. The predicted molar refractivity (Wildman–Crippen MR) is 74.5 cm³/mol. The Bertz CT molecular complexity index is 399. The average molecular weight is 267 g/mol. The van der Waals surface area contributed by atoms with Crippen molar-refractivity contribution < 1.29 is 4.79 Å². The zero-order valence-electron chi connectivity index (χ0n) is 12.6. The lowest BCUT2D eigenvalue weighted by molar-refractivity contribution is -0.132. The van der Waals surface area contributed by atoms with Gasteiger partial charge in [-0.15, -0.1) is 5.10 Å². The van der Waals surface area contributed by atoms with Crippen LogP contribution < -0.4 is 5.32 Å². The van der Waals surface area contributed by atoms with Crippen molar-refractivity contribution >= 4 is 5.91 Å². The fourth-order valence-electron chi connectivity index (χ4n) is 1.52. The Labute approximate surface area is 115 Å². The number of nitrogens with one attached hydrogen (secondary N) is 1. The van der Waals surface area contributed by atoms with Crippen LogP contribution in [0, 0.1) is 5.92 Å². The number of hydrogen-bond acceptors (Lipinski definition) is 4. The Morgan fingerprint density at radius 3 is 2.68 bits per heavy atom. The Balaban J connectivity index is 2.44. The summed E-state index contributed by atoms with van der Waals surface area (Å²) in [7, 11) is 1.80. The SMILES string of the molecule is CC(C)CNCc1cn(CC(=O)N(C)C(C)C)nn1. The maximum absolute atomic E-state index is 11.9. The summed E-state index contributed by atoms with van der Waals surface area (Å²) in [6, 6.07) is 0.197. The number of rotatable bonds is 7. The normalized spacial score (nSPS) is 11.3. The summed E-state index contributed by atoms with van der Waals surface area (Å²) < 4.78 is 1.59. The first-order valence-corrected chi connectivity index (χ1v) is 6.75. The van der Waals surface area contributed by atoms with Gasteiger partial charge >= 0.3 is 0 Å². The number of carbonyl (C=O) groups is 1. The van der Waals surface area contributed by atoms with Crippen LogP contribution in [0.4, 0.5) is 0 Å². The van der Waals surface area contributed by atoms with Gasteiger partial charge < -0.3 is 10.2 Å². The Morgan fingerprint density at radius 2 is 2.11 bits per heavy atom. The van der Waals surface area contributed by atoms with Crippen LogP contribution in [-0.4, -0.2) is 45.4 Å². The molecule has 1 rings (SSSR count). The summed E-state index contributed by atoms with van der Waals surface area (Å²) in [5, 5.41) is 11.3. The summed E-state index contributed by atoms with van der Waals surface area (Å²) in [6.45, 7) is 10.2. The molecule has 0 aromatic carbocycles. The van der Waals surface area contributed by atoms with Crippen LogP contribution >= 0.6 is 0 Å². The van der Waals surface area contributed by atoms with Crippen molar-refractivity contribution in [1.82, 2.24) is 25.2 Å². The zero-order valence-corrected chi connectivity index (χ0v) is 12.6. The molecule has 1 amide bonds. The van der Waals surface area contributed by atoms with E-state index in [0.717, 1.165) is 12.2 Å². The van der Waals surface area contributed by atoms with Gasteiger partial charge in [-0.2, -0.15) is 0 Å². The fraction of sp³-hybridized carbons (Fsp3) is 0.769. The molecule has 1 N–H and O–H groups in total. The molecule has 1 heterocycles. The van der Waals surface area contributed by atoms with Crippen molar-refractivity contribution in [1.29, 1.82) is 0 Å². The monoisotopic (exact) mass is 267 g/mol. The first-order valence-electron chi connectivity index (χ1n) is 6.75. The molecule has 19 heavy (non-hydrogen) atoms. The number of aromatic nitrogens is 3. The number of carbonyl (C=O) groups excluding carboxylic acids is 1. The van der Waals surface area contributed by atoms with Crippen molar-refractivity contribution in [3.8, 4) is 0 Å². The zero-order chi connectivity index (χ0) is 14.4. The summed E-state index contributed by atoms with van der Waals surface area (Å²) in [5.41, 5.74) is 0.862. The van der Waals surface area contributed by atoms with Crippen molar-refractivity contribution in [2.45, 2.75) is 46.8 Å². The Morgan fingerprint density at radius 1 is 1.42 bits per heavy atom. The highest BCUT2D eigenvalue weighted by molar-refractivity contribution is 5.75. The molecule has 0 radical (unpaired) electrons. The number of amides is 1. The molecule has 6 heteroatoms. The minimum atomic E-state index is 0.0431. The standard InChI is InChI=1S/C13H25N5O/c1-10(2)6-14-7-12-8-18(16-15-12)9-13(19)17(5)11(3)4/h8,10-11,14H,6-7,9H2,1-5H3. The van der Waals surface area contributed by atoms with Crippen LogP contribution in [0.15, 0.2) is 6.20 Å². The molecular weight excluding hydrogens is 242 g/mol. The highest BCUT2D eigenvalue weighted by Gasteiger charge is 2.13. The van der Waals surface area contributed by atoms with Crippen LogP contribution in [0.5, 0.6) is 0 Å². The van der Waals surface area contributed by atoms with Crippen molar-refractivity contribution in [3.05, 3.63) is 11.9 Å². The lowest BCUT2D eigenvalue weighted by Crippen LogP contribution is -2.35. The van der Waals surface area contributed by atoms with Crippen LogP contribution in [0.1, 0.15) is 33.4 Å². The van der Waals surface area contributed by atoms with Crippen LogP contribution in [0.2, 0.25) is 0 Å². The minimum Gasteiger partial charge on any atom is -0.342 e. The van der Waals surface area contributed by atoms with Gasteiger partial charge in [0.25, 0.3) is 0 Å². The molecule has 0 aliphatic carbocycles. The van der Waals surface area contributed by atoms with E-state index in [-0.39, 0.29) is 18.5 Å². The van der Waals surface area contributed by atoms with Crippen LogP contribution in [0.25, 0.3) is 0 Å². The topological polar surface area (TPSA) is 63.1 Å². The van der Waals surface area contributed by atoms with E-state index in [1.165, 1.54) is 0 Å². The van der Waals surface area contributed by atoms with Crippen LogP contribution in [-0.2, 0) is 17.9 Å². The highest BCUT2D eigenvalue weighted by Crippen LogP contribution is 1.99. The number of nitrogens with zero attached hydrogens (tertiary/aromatic N) is 4. The van der Waals surface area contributed by atoms with Gasteiger partial charge in [0.1, 0.15) is 6.54 Å². The smallest absolute Gasteiger partial charge is 0.244 e. The summed E-state index contributed by atoms with van der Waals surface area (Å²) in [5.74, 6) is 0.651. The molecule has 6 nitrogen and oxygen atoms in total. The molecule has 0 atom stereocenters. The molecule has 0 aliphatic heterocycles. The summed E-state index contributed by atoms with van der Waals surface area (Å²) in [6.07, 6.45) is 1.82. The molecule has 0 aliphatic rings. The van der Waals surface area contributed by atoms with Crippen molar-refractivity contribution in [2.75, 3.05) is 13.6 Å². The summed E-state index contributed by atoms with van der Waals surface area (Å²) in [4.78, 5) is 13.6. The molecule has 1 aromatic heterocycles. The van der Waals surface area contributed by atoms with Crippen molar-refractivity contribution in [3.63, 3.8) is 0 Å². The second kappa shape index (κ2) is 7.23. The third kappa shape index (κ3) is 5.38. The van der Waals surface area contributed by atoms with Gasteiger partial charge in [0.15, 0.2) is 0 Å². The quantitative estimate of drug-likeness (QED) is 0.797.